The second kappa shape index (κ2) is 7.50. The topological polar surface area (TPSA) is 71.4 Å². The number of benzene rings is 2. The van der Waals surface area contributed by atoms with Gasteiger partial charge in [0.05, 0.1) is 11.3 Å². The molecule has 0 amide bonds. The van der Waals surface area contributed by atoms with Crippen molar-refractivity contribution in [2.75, 3.05) is 6.26 Å². The molecule has 158 valence electrons. The van der Waals surface area contributed by atoms with Gasteiger partial charge in [-0.1, -0.05) is 36.2 Å². The third kappa shape index (κ3) is 3.56. The molecule has 0 spiro atoms. The van der Waals surface area contributed by atoms with Gasteiger partial charge in [0.15, 0.2) is 9.84 Å². The Bertz CT molecular complexity index is 1170. The monoisotopic (exact) mass is 448 g/mol. The maximum atomic E-state index is 14.4. The number of fused-ring (bicyclic) bond motifs is 2. The van der Waals surface area contributed by atoms with Crippen molar-refractivity contribution < 1.29 is 22.7 Å². The second-order valence-corrected chi connectivity index (χ2v) is 10.6. The molecule has 3 atom stereocenters. The van der Waals surface area contributed by atoms with Gasteiger partial charge in [0.25, 0.3) is 0 Å². The number of rotatable bonds is 5. The lowest BCUT2D eigenvalue weighted by atomic mass is 9.76. The SMILES string of the molecule is C[C@@H](c1ccc(Cl)cc1)C1C2=C(CC[C@@H]2CC(=O)O)c2cc(F)cc(S(C)(=O)=O)c21. The highest BCUT2D eigenvalue weighted by molar-refractivity contribution is 7.90. The third-order valence-corrected chi connectivity index (χ3v) is 7.71. The Kier molecular flexibility index (Phi) is 5.27. The first-order valence-electron chi connectivity index (χ1n) is 9.82. The molecule has 30 heavy (non-hydrogen) atoms. The van der Waals surface area contributed by atoms with Crippen molar-refractivity contribution in [1.82, 2.24) is 0 Å². The van der Waals surface area contributed by atoms with Gasteiger partial charge in [-0.15, -0.1) is 0 Å². The van der Waals surface area contributed by atoms with Gasteiger partial charge >= 0.3 is 5.97 Å². The molecule has 0 saturated carbocycles. The second-order valence-electron chi connectivity index (χ2n) is 8.22. The highest BCUT2D eigenvalue weighted by Crippen LogP contribution is 2.59. The predicted molar refractivity (Wildman–Crippen MR) is 114 cm³/mol. The summed E-state index contributed by atoms with van der Waals surface area (Å²) in [6.45, 7) is 2.00. The summed E-state index contributed by atoms with van der Waals surface area (Å²) in [6, 6.07) is 9.85. The first kappa shape index (κ1) is 21.1. The van der Waals surface area contributed by atoms with Crippen LogP contribution in [0, 0.1) is 11.7 Å². The average Bonchev–Trinajstić information content (AvgIpc) is 3.18. The molecule has 2 aliphatic rings. The quantitative estimate of drug-likeness (QED) is 0.662. The smallest absolute Gasteiger partial charge is 0.303 e. The minimum absolute atomic E-state index is 0.00760. The minimum Gasteiger partial charge on any atom is -0.481 e. The van der Waals surface area contributed by atoms with Crippen molar-refractivity contribution in [3.05, 3.63) is 69.5 Å². The van der Waals surface area contributed by atoms with Crippen LogP contribution in [-0.2, 0) is 14.6 Å². The fourth-order valence-electron chi connectivity index (χ4n) is 5.12. The van der Waals surface area contributed by atoms with Crippen LogP contribution in [0.5, 0.6) is 0 Å². The lowest BCUT2D eigenvalue weighted by Gasteiger charge is -2.29. The summed E-state index contributed by atoms with van der Waals surface area (Å²) < 4.78 is 39.6. The molecule has 1 N–H and O–H groups in total. The third-order valence-electron chi connectivity index (χ3n) is 6.33. The Morgan fingerprint density at radius 3 is 2.53 bits per heavy atom. The molecule has 0 bridgehead atoms. The van der Waals surface area contributed by atoms with E-state index in [9.17, 15) is 22.7 Å². The number of allylic oxidation sites excluding steroid dienone is 2. The fourth-order valence-corrected chi connectivity index (χ4v) is 6.21. The molecule has 0 heterocycles. The zero-order chi connectivity index (χ0) is 21.8. The molecule has 0 radical (unpaired) electrons. The van der Waals surface area contributed by atoms with Gasteiger partial charge < -0.3 is 5.11 Å². The molecule has 2 aliphatic carbocycles. The van der Waals surface area contributed by atoms with Gasteiger partial charge in [0.2, 0.25) is 0 Å². The van der Waals surface area contributed by atoms with E-state index in [1.165, 1.54) is 6.07 Å². The predicted octanol–water partition coefficient (Wildman–Crippen LogP) is 5.42. The number of carbonyl (C=O) groups is 1. The Morgan fingerprint density at radius 1 is 1.27 bits per heavy atom. The van der Waals surface area contributed by atoms with E-state index in [-0.39, 0.29) is 29.1 Å². The van der Waals surface area contributed by atoms with Crippen LogP contribution in [0.15, 0.2) is 46.9 Å². The summed E-state index contributed by atoms with van der Waals surface area (Å²) in [7, 11) is -3.68. The molecule has 0 saturated heterocycles. The van der Waals surface area contributed by atoms with Crippen molar-refractivity contribution >= 4 is 33.0 Å². The molecule has 4 nitrogen and oxygen atoms in total. The van der Waals surface area contributed by atoms with Crippen LogP contribution in [-0.4, -0.2) is 25.7 Å². The van der Waals surface area contributed by atoms with Crippen LogP contribution in [0.25, 0.3) is 5.57 Å². The molecule has 4 rings (SSSR count). The molecular weight excluding hydrogens is 427 g/mol. The maximum absolute atomic E-state index is 14.4. The number of halogens is 2. The molecule has 2 aromatic rings. The molecule has 2 aromatic carbocycles. The van der Waals surface area contributed by atoms with Crippen LogP contribution < -0.4 is 0 Å². The van der Waals surface area contributed by atoms with E-state index in [2.05, 4.69) is 0 Å². The van der Waals surface area contributed by atoms with Crippen molar-refractivity contribution in [2.24, 2.45) is 5.92 Å². The van der Waals surface area contributed by atoms with Crippen LogP contribution in [0.4, 0.5) is 4.39 Å². The van der Waals surface area contributed by atoms with E-state index < -0.39 is 21.6 Å². The lowest BCUT2D eigenvalue weighted by molar-refractivity contribution is -0.137. The summed E-state index contributed by atoms with van der Waals surface area (Å²) in [5, 5.41) is 10.0. The largest absolute Gasteiger partial charge is 0.481 e. The Hall–Kier alpha value is -2.18. The van der Waals surface area contributed by atoms with Gasteiger partial charge in [-0.25, -0.2) is 12.8 Å². The van der Waals surface area contributed by atoms with Gasteiger partial charge in [0, 0.05) is 17.2 Å². The average molecular weight is 449 g/mol. The van der Waals surface area contributed by atoms with Gasteiger partial charge in [-0.3, -0.25) is 4.79 Å². The molecule has 7 heteroatoms. The summed E-state index contributed by atoms with van der Waals surface area (Å²) in [4.78, 5) is 11.5. The zero-order valence-corrected chi connectivity index (χ0v) is 18.2. The highest BCUT2D eigenvalue weighted by atomic mass is 35.5. The number of hydrogen-bond acceptors (Lipinski definition) is 3. The first-order valence-corrected chi connectivity index (χ1v) is 12.1. The van der Waals surface area contributed by atoms with Crippen molar-refractivity contribution in [3.63, 3.8) is 0 Å². The van der Waals surface area contributed by atoms with Crippen molar-refractivity contribution in [2.45, 2.75) is 42.9 Å². The van der Waals surface area contributed by atoms with E-state index in [0.717, 1.165) is 29.0 Å². The van der Waals surface area contributed by atoms with E-state index in [1.54, 1.807) is 12.1 Å². The van der Waals surface area contributed by atoms with E-state index >= 15 is 0 Å². The Morgan fingerprint density at radius 2 is 1.93 bits per heavy atom. The molecule has 1 unspecified atom stereocenters. The highest BCUT2D eigenvalue weighted by Gasteiger charge is 2.44. The summed E-state index contributed by atoms with van der Waals surface area (Å²) in [5.41, 5.74) is 4.04. The van der Waals surface area contributed by atoms with Crippen molar-refractivity contribution in [1.29, 1.82) is 0 Å². The number of carboxylic acids is 1. The number of carboxylic acid groups (broad SMARTS) is 1. The van der Waals surface area contributed by atoms with Gasteiger partial charge in [-0.05, 0) is 71.2 Å². The fraction of sp³-hybridized carbons (Fsp3) is 0.348. The Labute approximate surface area is 180 Å². The van der Waals surface area contributed by atoms with Crippen LogP contribution in [0.1, 0.15) is 54.7 Å². The van der Waals surface area contributed by atoms with Crippen LogP contribution >= 0.6 is 11.6 Å². The standard InChI is InChI=1S/C23H22ClFO4S/c1-12(13-3-6-15(24)7-4-13)21-22-14(9-20(26)27)5-8-17(22)18-10-16(25)11-19(23(18)21)30(2,28)29/h3-4,6-7,10-12,14,21H,5,8-9H2,1-2H3,(H,26,27)/t12-,14+,21?/m0/s1. The minimum atomic E-state index is -3.68. The Balaban J connectivity index is 1.94. The van der Waals surface area contributed by atoms with E-state index in [1.807, 2.05) is 19.1 Å². The summed E-state index contributed by atoms with van der Waals surface area (Å²) >= 11 is 6.03. The van der Waals surface area contributed by atoms with E-state index in [4.69, 9.17) is 11.6 Å². The van der Waals surface area contributed by atoms with E-state index in [0.29, 0.717) is 29.0 Å². The number of aliphatic carboxylic acids is 1. The normalized spacial score (nSPS) is 21.5. The molecule has 0 aromatic heterocycles. The van der Waals surface area contributed by atoms with Crippen LogP contribution in [0.2, 0.25) is 5.02 Å². The van der Waals surface area contributed by atoms with Gasteiger partial charge in [-0.2, -0.15) is 0 Å². The molecular formula is C23H22ClFO4S. The summed E-state index contributed by atoms with van der Waals surface area (Å²) in [5.74, 6) is -2.14. The maximum Gasteiger partial charge on any atom is 0.303 e. The van der Waals surface area contributed by atoms with Crippen molar-refractivity contribution in [3.8, 4) is 0 Å². The molecule has 0 aliphatic heterocycles. The van der Waals surface area contributed by atoms with Crippen LogP contribution in [0.3, 0.4) is 0 Å². The lowest BCUT2D eigenvalue weighted by Crippen LogP contribution is -2.18. The summed E-state index contributed by atoms with van der Waals surface area (Å²) in [6.07, 6.45) is 2.36. The first-order chi connectivity index (χ1) is 14.1. The zero-order valence-electron chi connectivity index (χ0n) is 16.7. The number of hydrogen-bond donors (Lipinski definition) is 1. The number of sulfone groups is 1. The molecule has 0 fully saturated rings. The van der Waals surface area contributed by atoms with Gasteiger partial charge in [0.1, 0.15) is 5.82 Å².